The van der Waals surface area contributed by atoms with Crippen LogP contribution in [-0.2, 0) is 78.0 Å². The van der Waals surface area contributed by atoms with Crippen LogP contribution in [0.2, 0.25) is 0 Å². The van der Waals surface area contributed by atoms with Gasteiger partial charge in [0.15, 0.2) is 29.2 Å². The number of hydrogen-bond acceptors (Lipinski definition) is 24. The van der Waals surface area contributed by atoms with E-state index in [1.165, 1.54) is 43.1 Å². The van der Waals surface area contributed by atoms with Gasteiger partial charge in [-0.2, -0.15) is 0 Å². The molecule has 626 valence electrons. The van der Waals surface area contributed by atoms with Gasteiger partial charge in [-0.3, -0.25) is 48.2 Å². The Morgan fingerprint density at radius 3 is 1.71 bits per heavy atom. The van der Waals surface area contributed by atoms with Crippen molar-refractivity contribution in [3.63, 3.8) is 0 Å². The third-order valence-electron chi connectivity index (χ3n) is 18.9. The molecule has 5 N–H and O–H groups in total. The summed E-state index contributed by atoms with van der Waals surface area (Å²) in [6, 6.07) is 10.9. The summed E-state index contributed by atoms with van der Waals surface area (Å²) in [6.45, 7) is 10.9. The smallest absolute Gasteiger partial charge is 0.416 e. The number of carbonyl (C=O) groups excluding carboxylic acids is 9. The van der Waals surface area contributed by atoms with Gasteiger partial charge in [0, 0.05) is 68.8 Å². The molecule has 2 unspecified atom stereocenters. The van der Waals surface area contributed by atoms with E-state index >= 15 is 0 Å². The Morgan fingerprint density at radius 2 is 1.09 bits per heavy atom. The SMILES string of the molecule is COc1cc2c(cc1OCCCCCOc1cc3c(cc1OC)C(=O)N1C=C(C)C[C@H]1[C@H](O)N3C(=O)OCc1ccc(NC(=O)C(C)NC(=O)CNC(=O)CCOCCOCCOCCOCCOCCOCCOCCOCCNC(=O)CCN3C(=O)CC(C4=C/C=C\C=C/C=C\C=C/C=C\4)C3=O)cc1)N=C[C@@H]1CC(C)=CN1C2=O. The molecule has 0 saturated carbocycles. The van der Waals surface area contributed by atoms with Crippen LogP contribution in [0.4, 0.5) is 21.9 Å². The van der Waals surface area contributed by atoms with E-state index < -0.39 is 54.0 Å². The lowest BCUT2D eigenvalue weighted by Gasteiger charge is -2.31. The van der Waals surface area contributed by atoms with Gasteiger partial charge in [0.1, 0.15) is 12.6 Å². The summed E-state index contributed by atoms with van der Waals surface area (Å²) >= 11 is 0. The number of nitrogens with one attached hydrogen (secondary N) is 4. The van der Waals surface area contributed by atoms with Crippen molar-refractivity contribution in [2.45, 2.75) is 103 Å². The number of carbonyl (C=O) groups is 9. The van der Waals surface area contributed by atoms with Crippen LogP contribution in [0.5, 0.6) is 23.0 Å². The largest absolute Gasteiger partial charge is 0.493 e. The summed E-state index contributed by atoms with van der Waals surface area (Å²) in [5, 5.41) is 22.5. The molecule has 1 fully saturated rings. The van der Waals surface area contributed by atoms with Gasteiger partial charge in [0.05, 0.1) is 180 Å². The number of nitrogens with zero attached hydrogens (tertiary/aromatic N) is 5. The van der Waals surface area contributed by atoms with Crippen molar-refractivity contribution in [1.29, 1.82) is 0 Å². The third-order valence-corrected chi connectivity index (χ3v) is 18.9. The average Bonchev–Trinajstić information content (AvgIpc) is 1.61. The van der Waals surface area contributed by atoms with Gasteiger partial charge in [-0.1, -0.05) is 90.1 Å². The number of anilines is 2. The summed E-state index contributed by atoms with van der Waals surface area (Å²) in [7, 11) is 2.96. The van der Waals surface area contributed by atoms with E-state index in [2.05, 4.69) is 26.3 Å². The van der Waals surface area contributed by atoms with E-state index in [1.54, 1.807) is 53.7 Å². The van der Waals surface area contributed by atoms with Crippen LogP contribution in [0.25, 0.3) is 0 Å². The van der Waals surface area contributed by atoms with Crippen LogP contribution in [0.1, 0.15) is 98.4 Å². The van der Waals surface area contributed by atoms with Crippen LogP contribution in [0, 0.1) is 5.92 Å². The van der Waals surface area contributed by atoms with Crippen LogP contribution in [0.3, 0.4) is 0 Å². The summed E-state index contributed by atoms with van der Waals surface area (Å²) in [4.78, 5) is 128. The number of methoxy groups -OCH3 is 2. The van der Waals surface area contributed by atoms with Gasteiger partial charge in [0.2, 0.25) is 35.4 Å². The van der Waals surface area contributed by atoms with Gasteiger partial charge < -0.3 is 97.8 Å². The topological polar surface area (TPSA) is 367 Å². The summed E-state index contributed by atoms with van der Waals surface area (Å²) in [5.74, 6) is -2.30. The molecule has 5 atom stereocenters. The lowest BCUT2D eigenvalue weighted by Crippen LogP contribution is -2.50. The number of hydrogen-bond donors (Lipinski definition) is 5. The second kappa shape index (κ2) is 48.0. The van der Waals surface area contributed by atoms with Crippen LogP contribution < -0.4 is 45.1 Å². The Labute approximate surface area is 675 Å². The Morgan fingerprint density at radius 1 is 0.560 bits per heavy atom. The highest BCUT2D eigenvalue weighted by atomic mass is 16.6. The zero-order valence-electron chi connectivity index (χ0n) is 66.5. The Hall–Kier alpha value is -10.7. The number of benzene rings is 3. The van der Waals surface area contributed by atoms with Gasteiger partial charge >= 0.3 is 6.09 Å². The van der Waals surface area contributed by atoms with E-state index in [0.717, 1.165) is 28.0 Å². The molecule has 9 rings (SSSR count). The molecule has 0 spiro atoms. The zero-order valence-corrected chi connectivity index (χ0v) is 66.5. The van der Waals surface area contributed by atoms with Crippen molar-refractivity contribution in [1.82, 2.24) is 30.7 Å². The van der Waals surface area contributed by atoms with Crippen molar-refractivity contribution in [3.8, 4) is 23.0 Å². The summed E-state index contributed by atoms with van der Waals surface area (Å²) < 4.78 is 73.6. The highest BCUT2D eigenvalue weighted by molar-refractivity contribution is 6.08. The van der Waals surface area contributed by atoms with Gasteiger partial charge in [-0.15, -0.1) is 0 Å². The van der Waals surface area contributed by atoms with Crippen molar-refractivity contribution in [3.05, 3.63) is 161 Å². The Balaban J connectivity index is 0.545. The maximum Gasteiger partial charge on any atom is 0.416 e. The maximum absolute atomic E-state index is 14.2. The Kier molecular flexibility index (Phi) is 36.9. The number of unbranched alkanes of at least 4 members (excludes halogenated alkanes) is 2. The molecule has 0 radical (unpaired) electrons. The summed E-state index contributed by atoms with van der Waals surface area (Å²) in [6.07, 6.45) is 26.3. The molecule has 32 nitrogen and oxygen atoms in total. The van der Waals surface area contributed by atoms with Crippen LogP contribution in [-0.4, -0.2) is 257 Å². The molecule has 3 aromatic carbocycles. The number of aliphatic hydroxyl groups is 1. The standard InChI is InChI=1S/C84H107N9O23/c1-58-46-64-53-86-68-51-73(71(104-4)48-66(68)81(100)91(64)55-58)114-28-16-13-17-29-115-74-52-69-67(49-72(74)105-5)82(101)92-56-59(2)47-70(92)83(102)93(69)84(103)116-57-61-20-22-63(23-21-61)89-79(98)60(3)88-77(96)54-87-76(95)25-30-106-32-34-108-36-38-110-40-42-112-44-45-113-43-41-111-39-37-109-35-33-107-31-26-85-75(94)24-27-90-78(97)50-65(80(90)99)62-18-14-11-9-7-6-8-10-12-15-19-62/h6-12,14-15,18-23,48-49,51-53,55-56,60,64-65,70,83,102H,13,16-17,24-47,50,54,57H2,1-5H3,(H,85,94)(H,87,95)(H,88,96)(H,89,98)/b7-6-,8-6?,9-7?,10-8-,11-9-,12-10?,14-11?,15-12-,18-14-,19-15?,62-18?,62-19+/t60?,64-,65?,70-,83-/m0/s1. The first-order valence-electron chi connectivity index (χ1n) is 39.0. The number of allylic oxidation sites excluding steroid dienone is 11. The first-order chi connectivity index (χ1) is 56.4. The number of amides is 9. The van der Waals surface area contributed by atoms with Gasteiger partial charge in [-0.05, 0) is 88.3 Å². The van der Waals surface area contributed by atoms with Gasteiger partial charge in [-0.25, -0.2) is 9.69 Å². The molecule has 1 aliphatic carbocycles. The molecule has 6 aliphatic rings. The predicted molar refractivity (Wildman–Crippen MR) is 427 cm³/mol. The second-order valence-corrected chi connectivity index (χ2v) is 27.5. The van der Waals surface area contributed by atoms with Crippen molar-refractivity contribution >= 4 is 76.6 Å². The Bertz CT molecular complexity index is 4130. The fourth-order valence-corrected chi connectivity index (χ4v) is 12.8. The van der Waals surface area contributed by atoms with E-state index in [0.29, 0.717) is 146 Å². The number of fused-ring (bicyclic) bond motifs is 4. The minimum Gasteiger partial charge on any atom is -0.493 e. The van der Waals surface area contributed by atoms with E-state index in [9.17, 15) is 48.3 Å². The second-order valence-electron chi connectivity index (χ2n) is 27.5. The fraction of sp³-hybridized carbons (Fsp3) is 0.476. The van der Waals surface area contributed by atoms with E-state index in [1.807, 2.05) is 86.9 Å². The molecule has 32 heteroatoms. The van der Waals surface area contributed by atoms with Crippen molar-refractivity contribution in [2.24, 2.45) is 10.9 Å². The molecule has 0 bridgehead atoms. The molecule has 9 amide bonds. The minimum atomic E-state index is -1.53. The van der Waals surface area contributed by atoms with Crippen molar-refractivity contribution < 1.29 is 110 Å². The molecule has 3 aromatic rings. The highest BCUT2D eigenvalue weighted by Gasteiger charge is 2.46. The van der Waals surface area contributed by atoms with Crippen LogP contribution >= 0.6 is 0 Å². The predicted octanol–water partition coefficient (Wildman–Crippen LogP) is 7.44. The molecule has 5 aliphatic heterocycles. The lowest BCUT2D eigenvalue weighted by atomic mass is 9.96. The molecular formula is C84H107N9O23. The van der Waals surface area contributed by atoms with E-state index in [4.69, 9.17) is 61.6 Å². The first-order valence-corrected chi connectivity index (χ1v) is 39.0. The third kappa shape index (κ3) is 27.8. The number of aliphatic hydroxyl groups excluding tert-OH is 1. The molecule has 5 heterocycles. The summed E-state index contributed by atoms with van der Waals surface area (Å²) in [5.41, 5.74) is 4.63. The number of likely N-dealkylation sites (tertiary alicyclic amines) is 1. The molecule has 0 aromatic heterocycles. The lowest BCUT2D eigenvalue weighted by molar-refractivity contribution is -0.139. The number of imide groups is 1. The minimum absolute atomic E-state index is 0.00367. The van der Waals surface area contributed by atoms with Crippen LogP contribution in [0.15, 0.2) is 149 Å². The monoisotopic (exact) mass is 1610 g/mol. The normalized spacial score (nSPS) is 19.6. The average molecular weight is 1610 g/mol. The first kappa shape index (κ1) is 89.3. The molecule has 116 heavy (non-hydrogen) atoms. The van der Waals surface area contributed by atoms with E-state index in [-0.39, 0.29) is 131 Å². The number of ether oxygens (including phenoxy) is 13. The van der Waals surface area contributed by atoms with Gasteiger partial charge in [0.25, 0.3) is 11.8 Å². The quantitative estimate of drug-likeness (QED) is 0.0271. The number of rotatable bonds is 48. The zero-order chi connectivity index (χ0) is 82.4. The molecular weight excluding hydrogens is 1500 g/mol. The highest BCUT2D eigenvalue weighted by Crippen LogP contribution is 2.43. The molecule has 1 saturated heterocycles. The maximum atomic E-state index is 14.2. The fourth-order valence-electron chi connectivity index (χ4n) is 12.8. The number of aliphatic imine (C=N–C) groups is 1. The van der Waals surface area contributed by atoms with Crippen molar-refractivity contribution in [2.75, 3.05) is 163 Å².